The summed E-state index contributed by atoms with van der Waals surface area (Å²) >= 11 is 0. The Balaban J connectivity index is 1.68. The zero-order chi connectivity index (χ0) is 18.6. The van der Waals surface area contributed by atoms with Gasteiger partial charge in [0.05, 0.1) is 11.8 Å². The van der Waals surface area contributed by atoms with Gasteiger partial charge in [0.25, 0.3) is 5.91 Å². The lowest BCUT2D eigenvalue weighted by atomic mass is 9.73. The number of aryl methyl sites for hydroxylation is 1. The summed E-state index contributed by atoms with van der Waals surface area (Å²) in [6.07, 6.45) is 6.80. The van der Waals surface area contributed by atoms with E-state index in [1.54, 1.807) is 13.3 Å². The molecule has 0 unspecified atom stereocenters. The average Bonchev–Trinajstić information content (AvgIpc) is 3.13. The van der Waals surface area contributed by atoms with Crippen LogP contribution < -0.4 is 0 Å². The SMILES string of the molecule is CCc1[nH]ncc1C(=O)N1CCC[C@@]2(CCC(=O)N(CCCOC)C2)C1. The maximum absolute atomic E-state index is 13.0. The highest BCUT2D eigenvalue weighted by Crippen LogP contribution is 2.39. The summed E-state index contributed by atoms with van der Waals surface area (Å²) in [4.78, 5) is 29.2. The molecule has 0 aromatic carbocycles. The number of ether oxygens (including phenoxy) is 1. The van der Waals surface area contributed by atoms with Crippen molar-refractivity contribution in [3.05, 3.63) is 17.5 Å². The smallest absolute Gasteiger partial charge is 0.257 e. The third kappa shape index (κ3) is 3.92. The van der Waals surface area contributed by atoms with Crippen LogP contribution in [0.5, 0.6) is 0 Å². The number of hydrogen-bond acceptors (Lipinski definition) is 4. The van der Waals surface area contributed by atoms with E-state index in [1.807, 2.05) is 16.7 Å². The second-order valence-electron chi connectivity index (χ2n) is 7.61. The number of nitrogens with one attached hydrogen (secondary N) is 1. The molecule has 3 heterocycles. The number of rotatable bonds is 6. The van der Waals surface area contributed by atoms with Crippen LogP contribution in [0, 0.1) is 5.41 Å². The van der Waals surface area contributed by atoms with E-state index >= 15 is 0 Å². The molecule has 0 saturated carbocycles. The third-order valence-electron chi connectivity index (χ3n) is 5.78. The maximum atomic E-state index is 13.0. The van der Waals surface area contributed by atoms with Gasteiger partial charge in [-0.05, 0) is 32.1 Å². The molecule has 0 aliphatic carbocycles. The summed E-state index contributed by atoms with van der Waals surface area (Å²) in [7, 11) is 1.69. The van der Waals surface area contributed by atoms with Crippen LogP contribution in [-0.4, -0.2) is 71.7 Å². The Labute approximate surface area is 155 Å². The van der Waals surface area contributed by atoms with Crippen LogP contribution in [0.4, 0.5) is 0 Å². The Hall–Kier alpha value is -1.89. The number of likely N-dealkylation sites (tertiary alicyclic amines) is 2. The molecule has 7 nitrogen and oxygen atoms in total. The Kier molecular flexibility index (Phi) is 5.96. The monoisotopic (exact) mass is 362 g/mol. The highest BCUT2D eigenvalue weighted by atomic mass is 16.5. The van der Waals surface area contributed by atoms with Gasteiger partial charge in [-0.25, -0.2) is 0 Å². The van der Waals surface area contributed by atoms with Crippen LogP contribution in [-0.2, 0) is 16.0 Å². The predicted molar refractivity (Wildman–Crippen MR) is 97.8 cm³/mol. The van der Waals surface area contributed by atoms with E-state index in [0.717, 1.165) is 64.0 Å². The fourth-order valence-corrected chi connectivity index (χ4v) is 4.36. The number of H-pyrrole nitrogens is 1. The standard InChI is InChI=1S/C19H30N4O3/c1-3-16-15(12-20-21-16)18(25)23-9-4-7-19(14-23)8-6-17(24)22(13-19)10-5-11-26-2/h12H,3-11,13-14H2,1-2H3,(H,20,21)/t19-/m0/s1. The van der Waals surface area contributed by atoms with Gasteiger partial charge in [0.15, 0.2) is 0 Å². The predicted octanol–water partition coefficient (Wildman–Crippen LogP) is 1.85. The zero-order valence-corrected chi connectivity index (χ0v) is 15.9. The van der Waals surface area contributed by atoms with E-state index < -0.39 is 0 Å². The minimum absolute atomic E-state index is 0.0327. The van der Waals surface area contributed by atoms with E-state index in [4.69, 9.17) is 4.74 Å². The van der Waals surface area contributed by atoms with E-state index in [0.29, 0.717) is 18.6 Å². The Morgan fingerprint density at radius 1 is 1.38 bits per heavy atom. The van der Waals surface area contributed by atoms with Gasteiger partial charge >= 0.3 is 0 Å². The first-order valence-corrected chi connectivity index (χ1v) is 9.67. The second-order valence-corrected chi connectivity index (χ2v) is 7.61. The van der Waals surface area contributed by atoms with Crippen molar-refractivity contribution in [3.63, 3.8) is 0 Å². The molecular formula is C19H30N4O3. The van der Waals surface area contributed by atoms with E-state index in [-0.39, 0.29) is 17.2 Å². The van der Waals surface area contributed by atoms with Crippen molar-refractivity contribution in [1.82, 2.24) is 20.0 Å². The lowest BCUT2D eigenvalue weighted by Gasteiger charge is -2.48. The fraction of sp³-hybridized carbons (Fsp3) is 0.737. The molecule has 2 fully saturated rings. The van der Waals surface area contributed by atoms with Crippen LogP contribution in [0.2, 0.25) is 0 Å². The van der Waals surface area contributed by atoms with Gasteiger partial charge in [-0.1, -0.05) is 6.92 Å². The molecule has 0 radical (unpaired) electrons. The molecule has 144 valence electrons. The summed E-state index contributed by atoms with van der Waals surface area (Å²) < 4.78 is 5.12. The van der Waals surface area contributed by atoms with Crippen LogP contribution in [0.1, 0.15) is 55.1 Å². The summed E-state index contributed by atoms with van der Waals surface area (Å²) in [6, 6.07) is 0. The van der Waals surface area contributed by atoms with Crippen molar-refractivity contribution < 1.29 is 14.3 Å². The van der Waals surface area contributed by atoms with Crippen molar-refractivity contribution in [1.29, 1.82) is 0 Å². The fourth-order valence-electron chi connectivity index (χ4n) is 4.36. The van der Waals surface area contributed by atoms with Gasteiger partial charge in [-0.2, -0.15) is 5.10 Å². The van der Waals surface area contributed by atoms with Gasteiger partial charge in [-0.15, -0.1) is 0 Å². The van der Waals surface area contributed by atoms with Crippen LogP contribution >= 0.6 is 0 Å². The number of hydrogen-bond donors (Lipinski definition) is 1. The van der Waals surface area contributed by atoms with E-state index in [9.17, 15) is 9.59 Å². The summed E-state index contributed by atoms with van der Waals surface area (Å²) in [5.74, 6) is 0.302. The molecule has 1 N–H and O–H groups in total. The normalized spacial score (nSPS) is 23.7. The Bertz CT molecular complexity index is 644. The topological polar surface area (TPSA) is 78.5 Å². The first-order chi connectivity index (χ1) is 12.6. The van der Waals surface area contributed by atoms with Crippen LogP contribution in [0.15, 0.2) is 6.20 Å². The summed E-state index contributed by atoms with van der Waals surface area (Å²) in [5.41, 5.74) is 1.62. The van der Waals surface area contributed by atoms with Crippen LogP contribution in [0.25, 0.3) is 0 Å². The molecular weight excluding hydrogens is 332 g/mol. The molecule has 0 bridgehead atoms. The van der Waals surface area contributed by atoms with Crippen molar-refractivity contribution in [3.8, 4) is 0 Å². The molecule has 2 amide bonds. The van der Waals surface area contributed by atoms with Crippen LogP contribution in [0.3, 0.4) is 0 Å². The van der Waals surface area contributed by atoms with Crippen molar-refractivity contribution in [2.24, 2.45) is 5.41 Å². The molecule has 2 saturated heterocycles. The number of carbonyl (C=O) groups excluding carboxylic acids is 2. The zero-order valence-electron chi connectivity index (χ0n) is 15.9. The van der Waals surface area contributed by atoms with Crippen molar-refractivity contribution in [2.45, 2.75) is 45.4 Å². The molecule has 2 aliphatic heterocycles. The number of carbonyl (C=O) groups is 2. The summed E-state index contributed by atoms with van der Waals surface area (Å²) in [6.45, 7) is 5.70. The highest BCUT2D eigenvalue weighted by Gasteiger charge is 2.42. The summed E-state index contributed by atoms with van der Waals surface area (Å²) in [5, 5.41) is 6.97. The maximum Gasteiger partial charge on any atom is 0.257 e. The number of aromatic nitrogens is 2. The lowest BCUT2D eigenvalue weighted by molar-refractivity contribution is -0.139. The average molecular weight is 362 g/mol. The molecule has 1 aromatic heterocycles. The number of aromatic amines is 1. The largest absolute Gasteiger partial charge is 0.385 e. The third-order valence-corrected chi connectivity index (χ3v) is 5.78. The number of methoxy groups -OCH3 is 1. The number of amides is 2. The van der Waals surface area contributed by atoms with E-state index in [2.05, 4.69) is 10.2 Å². The molecule has 2 aliphatic rings. The Morgan fingerprint density at radius 2 is 2.23 bits per heavy atom. The van der Waals surface area contributed by atoms with Gasteiger partial charge in [0.1, 0.15) is 0 Å². The first kappa shape index (κ1) is 18.9. The lowest BCUT2D eigenvalue weighted by Crippen LogP contribution is -2.55. The van der Waals surface area contributed by atoms with Gasteiger partial charge in [0, 0.05) is 57.4 Å². The second kappa shape index (κ2) is 8.20. The van der Waals surface area contributed by atoms with Gasteiger partial charge < -0.3 is 14.5 Å². The number of piperidine rings is 2. The van der Waals surface area contributed by atoms with Gasteiger partial charge in [0.2, 0.25) is 5.91 Å². The van der Waals surface area contributed by atoms with Crippen molar-refractivity contribution in [2.75, 3.05) is 39.9 Å². The van der Waals surface area contributed by atoms with Gasteiger partial charge in [-0.3, -0.25) is 14.7 Å². The molecule has 1 aromatic rings. The van der Waals surface area contributed by atoms with E-state index in [1.165, 1.54) is 0 Å². The minimum Gasteiger partial charge on any atom is -0.385 e. The highest BCUT2D eigenvalue weighted by molar-refractivity contribution is 5.95. The molecule has 1 atom stereocenters. The molecule has 7 heteroatoms. The van der Waals surface area contributed by atoms with Crippen molar-refractivity contribution >= 4 is 11.8 Å². The quantitative estimate of drug-likeness (QED) is 0.784. The number of nitrogens with zero attached hydrogens (tertiary/aromatic N) is 3. The molecule has 3 rings (SSSR count). The first-order valence-electron chi connectivity index (χ1n) is 9.67. The minimum atomic E-state index is 0.0327. The molecule has 26 heavy (non-hydrogen) atoms. The Morgan fingerprint density at radius 3 is 3.00 bits per heavy atom. The molecule has 1 spiro atoms.